The van der Waals surface area contributed by atoms with Crippen molar-refractivity contribution in [3.63, 3.8) is 0 Å². The Balaban J connectivity index is 1.76. The van der Waals surface area contributed by atoms with E-state index in [1.54, 1.807) is 26.2 Å². The van der Waals surface area contributed by atoms with Crippen LogP contribution in [0.15, 0.2) is 74.8 Å². The monoisotopic (exact) mass is 445 g/mol. The van der Waals surface area contributed by atoms with E-state index in [1.165, 1.54) is 10.5 Å². The van der Waals surface area contributed by atoms with Gasteiger partial charge in [-0.1, -0.05) is 47.6 Å². The minimum absolute atomic E-state index is 0.0632. The molecule has 3 rings (SSSR count). The molecular formula is C24H27N7O2. The maximum atomic E-state index is 12.1. The van der Waals surface area contributed by atoms with Crippen molar-refractivity contribution in [1.82, 2.24) is 15.1 Å². The van der Waals surface area contributed by atoms with Crippen LogP contribution in [-0.2, 0) is 6.42 Å². The van der Waals surface area contributed by atoms with Gasteiger partial charge in [0.15, 0.2) is 11.5 Å². The number of nitrogens with zero attached hydrogens (tertiary/aromatic N) is 5. The number of carbonyl (C=O) groups excluding carboxylic acids is 1. The number of rotatable bonds is 9. The molecular weight excluding hydrogens is 418 g/mol. The van der Waals surface area contributed by atoms with Gasteiger partial charge < -0.3 is 20.4 Å². The topological polar surface area (TPSA) is 122 Å². The average molecular weight is 446 g/mol. The SMILES string of the molecule is C=N/C(N)=C(\N=C(/C)c1ccc(C(=O)N(C)C)cc1)c1nnc(NCCc2ccccc2)o1. The van der Waals surface area contributed by atoms with E-state index in [0.29, 0.717) is 17.8 Å². The summed E-state index contributed by atoms with van der Waals surface area (Å²) in [6, 6.07) is 17.5. The maximum absolute atomic E-state index is 12.1. The van der Waals surface area contributed by atoms with Gasteiger partial charge in [0.05, 0.1) is 0 Å². The predicted octanol–water partition coefficient (Wildman–Crippen LogP) is 3.22. The van der Waals surface area contributed by atoms with E-state index < -0.39 is 0 Å². The third-order valence-corrected chi connectivity index (χ3v) is 4.81. The van der Waals surface area contributed by atoms with E-state index >= 15 is 0 Å². The second-order valence-corrected chi connectivity index (χ2v) is 7.44. The predicted molar refractivity (Wildman–Crippen MR) is 130 cm³/mol. The first-order valence-electron chi connectivity index (χ1n) is 10.3. The minimum Gasteiger partial charge on any atom is -0.402 e. The Morgan fingerprint density at radius 2 is 1.76 bits per heavy atom. The van der Waals surface area contributed by atoms with Crippen molar-refractivity contribution in [1.29, 1.82) is 0 Å². The molecule has 0 saturated heterocycles. The highest BCUT2D eigenvalue weighted by Crippen LogP contribution is 2.21. The molecule has 0 saturated carbocycles. The fourth-order valence-corrected chi connectivity index (χ4v) is 2.98. The Morgan fingerprint density at radius 1 is 1.09 bits per heavy atom. The number of carbonyl (C=O) groups is 1. The van der Waals surface area contributed by atoms with Gasteiger partial charge in [-0.15, -0.1) is 5.10 Å². The second-order valence-electron chi connectivity index (χ2n) is 7.44. The number of aliphatic imine (C=N–C) groups is 2. The lowest BCUT2D eigenvalue weighted by atomic mass is 10.1. The van der Waals surface area contributed by atoms with E-state index in [4.69, 9.17) is 10.2 Å². The van der Waals surface area contributed by atoms with Crippen LogP contribution in [0, 0.1) is 0 Å². The van der Waals surface area contributed by atoms with E-state index in [1.807, 2.05) is 37.3 Å². The summed E-state index contributed by atoms with van der Waals surface area (Å²) in [4.78, 5) is 22.0. The van der Waals surface area contributed by atoms with Gasteiger partial charge in [0, 0.05) is 31.9 Å². The van der Waals surface area contributed by atoms with Gasteiger partial charge in [-0.25, -0.2) is 9.98 Å². The Morgan fingerprint density at radius 3 is 2.39 bits per heavy atom. The molecule has 3 N–H and O–H groups in total. The van der Waals surface area contributed by atoms with Gasteiger partial charge in [-0.3, -0.25) is 4.79 Å². The fraction of sp³-hybridized carbons (Fsp3) is 0.208. The first-order valence-corrected chi connectivity index (χ1v) is 10.3. The summed E-state index contributed by atoms with van der Waals surface area (Å²) in [7, 11) is 3.42. The molecule has 0 spiro atoms. The Kier molecular flexibility index (Phi) is 7.69. The number of hydrogen-bond acceptors (Lipinski definition) is 8. The van der Waals surface area contributed by atoms with Crippen molar-refractivity contribution in [3.8, 4) is 0 Å². The average Bonchev–Trinajstić information content (AvgIpc) is 3.30. The first kappa shape index (κ1) is 23.4. The molecule has 1 amide bonds. The Hall–Kier alpha value is -4.27. The van der Waals surface area contributed by atoms with Crippen LogP contribution in [-0.4, -0.2) is 54.1 Å². The molecule has 0 aliphatic rings. The number of amides is 1. The molecule has 170 valence electrons. The van der Waals surface area contributed by atoms with E-state index in [2.05, 4.69) is 44.3 Å². The van der Waals surface area contributed by atoms with Gasteiger partial charge in [0.2, 0.25) is 0 Å². The lowest BCUT2D eigenvalue weighted by Crippen LogP contribution is -2.21. The quantitative estimate of drug-likeness (QED) is 0.488. The first-order chi connectivity index (χ1) is 15.9. The van der Waals surface area contributed by atoms with Crippen LogP contribution in [0.4, 0.5) is 6.01 Å². The highest BCUT2D eigenvalue weighted by molar-refractivity contribution is 6.02. The van der Waals surface area contributed by atoms with Crippen LogP contribution in [0.25, 0.3) is 5.70 Å². The second kappa shape index (κ2) is 10.9. The summed E-state index contributed by atoms with van der Waals surface area (Å²) in [5, 5.41) is 11.2. The van der Waals surface area contributed by atoms with Gasteiger partial charge in [0.25, 0.3) is 11.8 Å². The summed E-state index contributed by atoms with van der Waals surface area (Å²) in [6.07, 6.45) is 0.807. The zero-order valence-electron chi connectivity index (χ0n) is 18.9. The fourth-order valence-electron chi connectivity index (χ4n) is 2.98. The number of hydrogen-bond donors (Lipinski definition) is 2. The van der Waals surface area contributed by atoms with Crippen molar-refractivity contribution < 1.29 is 9.21 Å². The number of benzene rings is 2. The van der Waals surface area contributed by atoms with Crippen LogP contribution in [0.5, 0.6) is 0 Å². The molecule has 0 aliphatic carbocycles. The summed E-state index contributed by atoms with van der Waals surface area (Å²) in [5.74, 6) is 0.115. The summed E-state index contributed by atoms with van der Waals surface area (Å²) in [6.45, 7) is 5.91. The number of anilines is 1. The largest absolute Gasteiger partial charge is 0.402 e. The van der Waals surface area contributed by atoms with Gasteiger partial charge >= 0.3 is 6.01 Å². The Labute approximate surface area is 192 Å². The summed E-state index contributed by atoms with van der Waals surface area (Å²) < 4.78 is 5.70. The van der Waals surface area contributed by atoms with Crippen molar-refractivity contribution in [2.45, 2.75) is 13.3 Å². The van der Waals surface area contributed by atoms with Crippen molar-refractivity contribution in [2.24, 2.45) is 15.7 Å². The molecule has 0 atom stereocenters. The minimum atomic E-state index is -0.0741. The maximum Gasteiger partial charge on any atom is 0.315 e. The number of nitrogens with one attached hydrogen (secondary N) is 1. The third kappa shape index (κ3) is 6.13. The highest BCUT2D eigenvalue weighted by atomic mass is 16.4. The van der Waals surface area contributed by atoms with E-state index in [-0.39, 0.29) is 29.3 Å². The molecule has 33 heavy (non-hydrogen) atoms. The van der Waals surface area contributed by atoms with Gasteiger partial charge in [0.1, 0.15) is 0 Å². The molecule has 1 aromatic heterocycles. The van der Waals surface area contributed by atoms with E-state index in [0.717, 1.165) is 12.0 Å². The molecule has 9 heteroatoms. The van der Waals surface area contributed by atoms with Crippen LogP contribution in [0.1, 0.15) is 34.3 Å². The van der Waals surface area contributed by atoms with Crippen LogP contribution >= 0.6 is 0 Å². The standard InChI is InChI=1S/C24H27N7O2/c1-16(18-10-12-19(13-11-18)23(32)31(3)4)28-20(21(25)26-2)22-29-30-24(33-22)27-15-14-17-8-6-5-7-9-17/h5-13H,2,14-15,25H2,1,3-4H3,(H,27,30)/b21-20-,28-16+. The molecule has 0 aliphatic heterocycles. The van der Waals surface area contributed by atoms with Crippen LogP contribution < -0.4 is 11.1 Å². The Bertz CT molecular complexity index is 1160. The highest BCUT2D eigenvalue weighted by Gasteiger charge is 2.16. The summed E-state index contributed by atoms with van der Waals surface area (Å²) >= 11 is 0. The molecule has 0 unspecified atom stereocenters. The molecule has 9 nitrogen and oxygen atoms in total. The van der Waals surface area contributed by atoms with Gasteiger partial charge in [-0.2, -0.15) is 0 Å². The van der Waals surface area contributed by atoms with E-state index in [9.17, 15) is 4.79 Å². The van der Waals surface area contributed by atoms with Crippen molar-refractivity contribution in [3.05, 3.63) is 83.0 Å². The molecule has 0 fully saturated rings. The smallest absolute Gasteiger partial charge is 0.315 e. The van der Waals surface area contributed by atoms with Crippen LogP contribution in [0.2, 0.25) is 0 Å². The van der Waals surface area contributed by atoms with Crippen molar-refractivity contribution >= 4 is 30.0 Å². The third-order valence-electron chi connectivity index (χ3n) is 4.81. The summed E-state index contributed by atoms with van der Waals surface area (Å²) in [5.41, 5.74) is 9.45. The lowest BCUT2D eigenvalue weighted by Gasteiger charge is -2.10. The lowest BCUT2D eigenvalue weighted by molar-refractivity contribution is 0.0827. The number of nitrogens with two attached hydrogens (primary N) is 1. The van der Waals surface area contributed by atoms with Gasteiger partial charge in [-0.05, 0) is 43.3 Å². The molecule has 1 heterocycles. The molecule has 3 aromatic rings. The molecule has 2 aromatic carbocycles. The number of aromatic nitrogens is 2. The normalized spacial score (nSPS) is 12.2. The zero-order valence-corrected chi connectivity index (χ0v) is 18.9. The molecule has 0 bridgehead atoms. The molecule has 0 radical (unpaired) electrons. The van der Waals surface area contributed by atoms with Crippen molar-refractivity contribution in [2.75, 3.05) is 26.0 Å². The van der Waals surface area contributed by atoms with Crippen LogP contribution in [0.3, 0.4) is 0 Å². The zero-order chi connectivity index (χ0) is 23.8.